The molecule has 0 spiro atoms. The summed E-state index contributed by atoms with van der Waals surface area (Å²) in [5, 5.41) is 0. The lowest BCUT2D eigenvalue weighted by atomic mass is 9.84. The van der Waals surface area contributed by atoms with Gasteiger partial charge in [0.1, 0.15) is 6.33 Å². The third kappa shape index (κ3) is 6.61. The fourth-order valence-corrected chi connectivity index (χ4v) is 3.89. The van der Waals surface area contributed by atoms with Crippen LogP contribution in [0.2, 0.25) is 0 Å². The lowest BCUT2D eigenvalue weighted by Gasteiger charge is -2.23. The van der Waals surface area contributed by atoms with Crippen LogP contribution in [0.4, 0.5) is 0 Å². The number of rotatable bonds is 4. The number of hydrogen-bond acceptors (Lipinski definition) is 2. The van der Waals surface area contributed by atoms with Crippen LogP contribution in [0.1, 0.15) is 121 Å². The Balaban J connectivity index is 0.00000127. The van der Waals surface area contributed by atoms with Gasteiger partial charge in [-0.2, -0.15) is 0 Å². The maximum absolute atomic E-state index is 4.75. The third-order valence-corrected chi connectivity index (χ3v) is 4.98. The summed E-state index contributed by atoms with van der Waals surface area (Å²) in [7, 11) is 0. The van der Waals surface area contributed by atoms with Gasteiger partial charge in [-0.1, -0.05) is 72.6 Å². The molecule has 2 unspecified atom stereocenters. The highest BCUT2D eigenvalue weighted by atomic mass is 14.8. The van der Waals surface area contributed by atoms with Crippen LogP contribution >= 0.6 is 0 Å². The van der Waals surface area contributed by atoms with E-state index in [0.29, 0.717) is 11.8 Å². The quantitative estimate of drug-likeness (QED) is 0.596. The molecule has 0 N–H and O–H groups in total. The van der Waals surface area contributed by atoms with Crippen LogP contribution in [0.25, 0.3) is 0 Å². The average Bonchev–Trinajstić information content (AvgIpc) is 2.63. The van der Waals surface area contributed by atoms with Crippen molar-refractivity contribution in [2.24, 2.45) is 0 Å². The summed E-state index contributed by atoms with van der Waals surface area (Å²) in [6.45, 7) is 8.60. The molecule has 0 bridgehead atoms. The van der Waals surface area contributed by atoms with E-state index in [1.807, 2.05) is 13.8 Å². The Hall–Kier alpha value is -0.920. The fraction of sp³-hybridized carbons (Fsp3) is 0.810. The summed E-state index contributed by atoms with van der Waals surface area (Å²) in [5.41, 5.74) is 2.85. The van der Waals surface area contributed by atoms with Crippen LogP contribution in [0.3, 0.4) is 0 Å². The predicted octanol–water partition coefficient (Wildman–Crippen LogP) is 7.01. The van der Waals surface area contributed by atoms with Crippen molar-refractivity contribution < 1.29 is 0 Å². The smallest absolute Gasteiger partial charge is 0.115 e. The van der Waals surface area contributed by atoms with Crippen LogP contribution < -0.4 is 0 Å². The van der Waals surface area contributed by atoms with Crippen LogP contribution in [0.15, 0.2) is 12.5 Å². The molecule has 1 aromatic rings. The molecule has 1 aliphatic carbocycles. The zero-order valence-electron chi connectivity index (χ0n) is 16.0. The molecule has 1 aromatic heterocycles. The summed E-state index contributed by atoms with van der Waals surface area (Å²) in [6, 6.07) is 0. The third-order valence-electron chi connectivity index (χ3n) is 4.98. The van der Waals surface area contributed by atoms with Crippen LogP contribution in [0, 0.1) is 0 Å². The molecule has 1 aliphatic rings. The lowest BCUT2D eigenvalue weighted by Crippen LogP contribution is -2.10. The maximum atomic E-state index is 4.75. The van der Waals surface area contributed by atoms with Gasteiger partial charge in [-0.3, -0.25) is 0 Å². The molecule has 0 fully saturated rings. The van der Waals surface area contributed by atoms with Gasteiger partial charge in [0.05, 0.1) is 5.69 Å². The maximum Gasteiger partial charge on any atom is 0.115 e. The summed E-state index contributed by atoms with van der Waals surface area (Å²) in [6.07, 6.45) is 18.6. The molecule has 23 heavy (non-hydrogen) atoms. The Bertz CT molecular complexity index is 366. The van der Waals surface area contributed by atoms with Crippen molar-refractivity contribution in [1.29, 1.82) is 0 Å². The van der Waals surface area contributed by atoms with E-state index in [-0.39, 0.29) is 0 Å². The van der Waals surface area contributed by atoms with E-state index in [1.54, 1.807) is 6.33 Å². The second-order valence-electron chi connectivity index (χ2n) is 6.68. The lowest BCUT2D eigenvalue weighted by molar-refractivity contribution is 0.507. The molecule has 0 aromatic carbocycles. The Labute approximate surface area is 144 Å². The fourth-order valence-electron chi connectivity index (χ4n) is 3.89. The first-order chi connectivity index (χ1) is 11.4. The number of fused-ring (bicyclic) bond motifs is 1. The van der Waals surface area contributed by atoms with Crippen LogP contribution in [0.5, 0.6) is 0 Å². The van der Waals surface area contributed by atoms with E-state index in [0.717, 1.165) is 0 Å². The summed E-state index contributed by atoms with van der Waals surface area (Å²) in [5.74, 6) is 1.34. The summed E-state index contributed by atoms with van der Waals surface area (Å²) < 4.78 is 0. The van der Waals surface area contributed by atoms with Crippen molar-refractivity contribution in [3.63, 3.8) is 0 Å². The topological polar surface area (TPSA) is 25.8 Å². The average molecular weight is 319 g/mol. The standard InChI is InChI=1S/C19H32N2.C2H6/c1-3-10-16-12-8-6-5-7-9-13-17(11-4-2)19-18(16)14-20-15-21-19;1-2/h14-17H,3-13H2,1-2H3;1-2H3. The first kappa shape index (κ1) is 20.1. The van der Waals surface area contributed by atoms with E-state index in [1.165, 1.54) is 81.9 Å². The Morgan fingerprint density at radius 3 is 2.09 bits per heavy atom. The largest absolute Gasteiger partial charge is 0.245 e. The van der Waals surface area contributed by atoms with Crippen molar-refractivity contribution >= 4 is 0 Å². The highest BCUT2D eigenvalue weighted by molar-refractivity contribution is 5.24. The molecule has 2 nitrogen and oxygen atoms in total. The van der Waals surface area contributed by atoms with E-state index < -0.39 is 0 Å². The summed E-state index contributed by atoms with van der Waals surface area (Å²) in [4.78, 5) is 9.11. The number of aromatic nitrogens is 2. The van der Waals surface area contributed by atoms with E-state index in [4.69, 9.17) is 4.98 Å². The van der Waals surface area contributed by atoms with Crippen molar-refractivity contribution in [2.75, 3.05) is 0 Å². The molecule has 0 aliphatic heterocycles. The van der Waals surface area contributed by atoms with E-state index in [9.17, 15) is 0 Å². The van der Waals surface area contributed by atoms with Gasteiger partial charge in [0.25, 0.3) is 0 Å². The summed E-state index contributed by atoms with van der Waals surface area (Å²) >= 11 is 0. The predicted molar refractivity (Wildman–Crippen MR) is 101 cm³/mol. The Morgan fingerprint density at radius 1 is 0.870 bits per heavy atom. The molecule has 2 atom stereocenters. The van der Waals surface area contributed by atoms with Crippen LogP contribution in [-0.2, 0) is 0 Å². The van der Waals surface area contributed by atoms with Crippen molar-refractivity contribution in [1.82, 2.24) is 9.97 Å². The number of nitrogens with zero attached hydrogens (tertiary/aromatic N) is 2. The van der Waals surface area contributed by atoms with Crippen molar-refractivity contribution in [3.05, 3.63) is 23.8 Å². The number of hydrogen-bond donors (Lipinski definition) is 0. The van der Waals surface area contributed by atoms with Gasteiger partial charge < -0.3 is 0 Å². The highest BCUT2D eigenvalue weighted by Gasteiger charge is 2.22. The molecule has 0 saturated carbocycles. The molecule has 0 radical (unpaired) electrons. The minimum Gasteiger partial charge on any atom is -0.245 e. The second-order valence-corrected chi connectivity index (χ2v) is 6.68. The molecular formula is C21H38N2. The van der Waals surface area contributed by atoms with Gasteiger partial charge in [-0.15, -0.1) is 0 Å². The minimum absolute atomic E-state index is 0.658. The van der Waals surface area contributed by atoms with Gasteiger partial charge in [0.2, 0.25) is 0 Å². The molecule has 0 amide bonds. The minimum atomic E-state index is 0.658. The van der Waals surface area contributed by atoms with E-state index in [2.05, 4.69) is 25.0 Å². The molecule has 2 rings (SSSR count). The first-order valence-corrected chi connectivity index (χ1v) is 10.2. The molecular weight excluding hydrogens is 280 g/mol. The van der Waals surface area contributed by atoms with E-state index >= 15 is 0 Å². The van der Waals surface area contributed by atoms with Gasteiger partial charge in [0, 0.05) is 12.1 Å². The van der Waals surface area contributed by atoms with Crippen molar-refractivity contribution in [2.45, 2.75) is 110 Å². The van der Waals surface area contributed by atoms with Crippen molar-refractivity contribution in [3.8, 4) is 0 Å². The molecule has 0 saturated heterocycles. The van der Waals surface area contributed by atoms with Gasteiger partial charge in [-0.05, 0) is 37.2 Å². The SMILES string of the molecule is CC.CCCC1CCCCCCCC(CCC)c2ncncc21. The second kappa shape index (κ2) is 12.5. The zero-order valence-corrected chi connectivity index (χ0v) is 16.0. The Kier molecular flexibility index (Phi) is 10.9. The zero-order chi connectivity index (χ0) is 16.9. The Morgan fingerprint density at radius 2 is 1.43 bits per heavy atom. The molecule has 132 valence electrons. The normalized spacial score (nSPS) is 22.3. The van der Waals surface area contributed by atoms with Crippen LogP contribution in [-0.4, -0.2) is 9.97 Å². The first-order valence-electron chi connectivity index (χ1n) is 10.2. The molecule has 1 heterocycles. The molecule has 2 heteroatoms. The van der Waals surface area contributed by atoms with Gasteiger partial charge >= 0.3 is 0 Å². The monoisotopic (exact) mass is 318 g/mol. The highest BCUT2D eigenvalue weighted by Crippen LogP contribution is 2.36. The van der Waals surface area contributed by atoms with Gasteiger partial charge in [0.15, 0.2) is 0 Å². The van der Waals surface area contributed by atoms with Gasteiger partial charge in [-0.25, -0.2) is 9.97 Å².